The van der Waals surface area contributed by atoms with Crippen molar-refractivity contribution in [2.24, 2.45) is 0 Å². The first kappa shape index (κ1) is 15.9. The minimum Gasteiger partial charge on any atom is -0.354 e. The van der Waals surface area contributed by atoms with Gasteiger partial charge in [-0.1, -0.05) is 19.1 Å². The molecule has 1 N–H and O–H groups in total. The van der Waals surface area contributed by atoms with Crippen molar-refractivity contribution < 1.29 is 9.59 Å². The van der Waals surface area contributed by atoms with E-state index in [1.807, 2.05) is 43.0 Å². The Morgan fingerprint density at radius 1 is 1.43 bits per heavy atom. The van der Waals surface area contributed by atoms with E-state index in [2.05, 4.69) is 5.32 Å². The van der Waals surface area contributed by atoms with Gasteiger partial charge in [0.05, 0.1) is 11.4 Å². The van der Waals surface area contributed by atoms with Crippen LogP contribution in [-0.2, 0) is 9.59 Å². The van der Waals surface area contributed by atoms with Crippen LogP contribution >= 0.6 is 11.8 Å². The van der Waals surface area contributed by atoms with Gasteiger partial charge in [0.25, 0.3) is 0 Å². The van der Waals surface area contributed by atoms with Gasteiger partial charge in [-0.25, -0.2) is 0 Å². The maximum atomic E-state index is 12.1. The lowest BCUT2D eigenvalue weighted by Gasteiger charge is -2.28. The Morgan fingerprint density at radius 3 is 2.95 bits per heavy atom. The molecule has 1 atom stereocenters. The molecule has 4 nitrogen and oxygen atoms in total. The lowest BCUT2D eigenvalue weighted by atomic mass is 10.2. The summed E-state index contributed by atoms with van der Waals surface area (Å²) in [4.78, 5) is 26.8. The molecule has 0 fully saturated rings. The zero-order valence-corrected chi connectivity index (χ0v) is 13.4. The van der Waals surface area contributed by atoms with Crippen LogP contribution in [0.25, 0.3) is 0 Å². The highest BCUT2D eigenvalue weighted by Gasteiger charge is 2.23. The van der Waals surface area contributed by atoms with Crippen LogP contribution in [-0.4, -0.2) is 30.2 Å². The van der Waals surface area contributed by atoms with Crippen molar-refractivity contribution in [2.75, 3.05) is 17.2 Å². The van der Waals surface area contributed by atoms with E-state index in [-0.39, 0.29) is 17.9 Å². The second-order valence-electron chi connectivity index (χ2n) is 5.28. The van der Waals surface area contributed by atoms with Gasteiger partial charge >= 0.3 is 0 Å². The summed E-state index contributed by atoms with van der Waals surface area (Å²) in [6.45, 7) is 4.65. The number of nitrogens with one attached hydrogen (secondary N) is 1. The Hall–Kier alpha value is -1.49. The molecule has 0 bridgehead atoms. The molecule has 1 unspecified atom stereocenters. The summed E-state index contributed by atoms with van der Waals surface area (Å²) in [5.41, 5.74) is 0.973. The molecule has 21 heavy (non-hydrogen) atoms. The third-order valence-electron chi connectivity index (χ3n) is 3.61. The molecular formula is C16H22N2O2S. The number of anilines is 1. The number of carbonyl (C=O) groups is 2. The highest BCUT2D eigenvalue weighted by atomic mass is 32.2. The number of rotatable bonds is 6. The molecule has 0 saturated heterocycles. The van der Waals surface area contributed by atoms with Gasteiger partial charge < -0.3 is 10.2 Å². The Kier molecular flexibility index (Phi) is 5.67. The van der Waals surface area contributed by atoms with Crippen molar-refractivity contribution in [3.8, 4) is 0 Å². The number of nitrogens with zero attached hydrogens (tertiary/aromatic N) is 1. The van der Waals surface area contributed by atoms with E-state index in [4.69, 9.17) is 0 Å². The van der Waals surface area contributed by atoms with E-state index in [0.29, 0.717) is 25.1 Å². The van der Waals surface area contributed by atoms with Crippen LogP contribution in [0.1, 0.15) is 33.1 Å². The van der Waals surface area contributed by atoms with E-state index in [1.165, 1.54) is 0 Å². The summed E-state index contributed by atoms with van der Waals surface area (Å²) in [6.07, 6.45) is 2.08. The van der Waals surface area contributed by atoms with Crippen LogP contribution in [0.5, 0.6) is 0 Å². The topological polar surface area (TPSA) is 49.4 Å². The summed E-state index contributed by atoms with van der Waals surface area (Å²) in [5.74, 6) is 0.674. The number of hydrogen-bond donors (Lipinski definition) is 1. The molecule has 114 valence electrons. The fourth-order valence-corrected chi connectivity index (χ4v) is 3.18. The Labute approximate surface area is 130 Å². The van der Waals surface area contributed by atoms with Crippen LogP contribution in [0.4, 0.5) is 5.69 Å². The Bertz CT molecular complexity index is 519. The minimum atomic E-state index is 0.0662. The first-order chi connectivity index (χ1) is 10.1. The number of amides is 2. The summed E-state index contributed by atoms with van der Waals surface area (Å²) in [7, 11) is 0. The van der Waals surface area contributed by atoms with E-state index in [1.54, 1.807) is 11.8 Å². The van der Waals surface area contributed by atoms with Gasteiger partial charge in [-0.3, -0.25) is 9.59 Å². The number of thioether (sulfide) groups is 1. The lowest BCUT2D eigenvalue weighted by molar-refractivity contribution is -0.122. The molecular weight excluding hydrogens is 284 g/mol. The van der Waals surface area contributed by atoms with Crippen molar-refractivity contribution in [3.05, 3.63) is 24.3 Å². The largest absolute Gasteiger partial charge is 0.354 e. The molecule has 0 radical (unpaired) electrons. The molecule has 0 aliphatic carbocycles. The molecule has 2 amide bonds. The molecule has 1 aliphatic heterocycles. The van der Waals surface area contributed by atoms with E-state index in [0.717, 1.165) is 17.0 Å². The van der Waals surface area contributed by atoms with Crippen molar-refractivity contribution >= 4 is 29.3 Å². The van der Waals surface area contributed by atoms with Crippen molar-refractivity contribution in [2.45, 2.75) is 44.0 Å². The molecule has 1 aromatic rings. The van der Waals surface area contributed by atoms with E-state index >= 15 is 0 Å². The summed E-state index contributed by atoms with van der Waals surface area (Å²) >= 11 is 1.58. The molecule has 1 aliphatic rings. The van der Waals surface area contributed by atoms with Crippen molar-refractivity contribution in [1.29, 1.82) is 0 Å². The third-order valence-corrected chi connectivity index (χ3v) is 4.66. The third kappa shape index (κ3) is 4.24. The smallest absolute Gasteiger partial charge is 0.237 e. The number of carbonyl (C=O) groups excluding carboxylic acids is 2. The average molecular weight is 306 g/mol. The van der Waals surface area contributed by atoms with Crippen molar-refractivity contribution in [1.82, 2.24) is 5.32 Å². The minimum absolute atomic E-state index is 0.0662. The monoisotopic (exact) mass is 306 g/mol. The Balaban J connectivity index is 1.88. The van der Waals surface area contributed by atoms with E-state index < -0.39 is 0 Å². The number of para-hydroxylation sites is 1. The number of benzene rings is 1. The second-order valence-corrected chi connectivity index (χ2v) is 6.30. The second kappa shape index (κ2) is 7.50. The predicted octanol–water partition coefficient (Wildman–Crippen LogP) is 2.82. The van der Waals surface area contributed by atoms with Crippen LogP contribution in [0.15, 0.2) is 29.2 Å². The standard InChI is InChI=1S/C16H22N2O2S/c1-3-12(2)17-15(19)9-6-10-18-13-7-4-5-8-14(13)21-11-16(18)20/h4-5,7-8,12H,3,6,9-11H2,1-2H3,(H,17,19). The first-order valence-corrected chi connectivity index (χ1v) is 8.42. The number of hydrogen-bond acceptors (Lipinski definition) is 3. The predicted molar refractivity (Wildman–Crippen MR) is 86.6 cm³/mol. The zero-order chi connectivity index (χ0) is 15.2. The molecule has 1 heterocycles. The highest BCUT2D eigenvalue weighted by Crippen LogP contribution is 2.34. The van der Waals surface area contributed by atoms with Crippen molar-refractivity contribution in [3.63, 3.8) is 0 Å². The molecule has 0 spiro atoms. The van der Waals surface area contributed by atoms with Gasteiger partial charge in [-0.2, -0.15) is 0 Å². The molecule has 0 saturated carbocycles. The van der Waals surface area contributed by atoms with Gasteiger partial charge in [0.15, 0.2) is 0 Å². The fraction of sp³-hybridized carbons (Fsp3) is 0.500. The fourth-order valence-electron chi connectivity index (χ4n) is 2.25. The maximum absolute atomic E-state index is 12.1. The Morgan fingerprint density at radius 2 is 2.19 bits per heavy atom. The zero-order valence-electron chi connectivity index (χ0n) is 12.6. The summed E-state index contributed by atoms with van der Waals surface area (Å²) in [5, 5.41) is 2.95. The molecule has 1 aromatic carbocycles. The quantitative estimate of drug-likeness (QED) is 0.879. The van der Waals surface area contributed by atoms with Crippen LogP contribution in [0.2, 0.25) is 0 Å². The van der Waals surface area contributed by atoms with Gasteiger partial charge in [0, 0.05) is 23.9 Å². The maximum Gasteiger partial charge on any atom is 0.237 e. The van der Waals surface area contributed by atoms with Crippen LogP contribution in [0, 0.1) is 0 Å². The highest BCUT2D eigenvalue weighted by molar-refractivity contribution is 8.00. The van der Waals surface area contributed by atoms with Crippen LogP contribution in [0.3, 0.4) is 0 Å². The van der Waals surface area contributed by atoms with Gasteiger partial charge in [0.1, 0.15) is 0 Å². The SMILES string of the molecule is CCC(C)NC(=O)CCCN1C(=O)CSc2ccccc21. The first-order valence-electron chi connectivity index (χ1n) is 7.43. The lowest BCUT2D eigenvalue weighted by Crippen LogP contribution is -2.37. The molecule has 5 heteroatoms. The van der Waals surface area contributed by atoms with Gasteiger partial charge in [-0.05, 0) is 31.9 Å². The summed E-state index contributed by atoms with van der Waals surface area (Å²) in [6, 6.07) is 8.15. The van der Waals surface area contributed by atoms with Gasteiger partial charge in [-0.15, -0.1) is 11.8 Å². The number of fused-ring (bicyclic) bond motifs is 1. The van der Waals surface area contributed by atoms with E-state index in [9.17, 15) is 9.59 Å². The molecule has 2 rings (SSSR count). The molecule has 0 aromatic heterocycles. The van der Waals surface area contributed by atoms with Crippen LogP contribution < -0.4 is 10.2 Å². The normalized spacial score (nSPS) is 15.5. The summed E-state index contributed by atoms with van der Waals surface area (Å²) < 4.78 is 0. The average Bonchev–Trinajstić information content (AvgIpc) is 2.49. The van der Waals surface area contributed by atoms with Gasteiger partial charge in [0.2, 0.25) is 11.8 Å².